The Kier molecular flexibility index (Phi) is 4.39. The Morgan fingerprint density at radius 2 is 1.79 bits per heavy atom. The molecule has 1 heterocycles. The van der Waals surface area contributed by atoms with E-state index in [0.29, 0.717) is 24.9 Å². The number of amides is 2. The normalized spacial score (nSPS) is 25.0. The van der Waals surface area contributed by atoms with Crippen LogP contribution in [0.3, 0.4) is 0 Å². The molecule has 6 nitrogen and oxygen atoms in total. The molecule has 1 aromatic carbocycles. The first kappa shape index (κ1) is 16.6. The lowest BCUT2D eigenvalue weighted by molar-refractivity contribution is 0.0269. The molecule has 2 aliphatic rings. The van der Waals surface area contributed by atoms with Crippen molar-refractivity contribution in [1.29, 1.82) is 0 Å². The summed E-state index contributed by atoms with van der Waals surface area (Å²) in [5.41, 5.74) is 0.475. The molecule has 0 bridgehead atoms. The quantitative estimate of drug-likeness (QED) is 0.924. The van der Waals surface area contributed by atoms with Gasteiger partial charge in [-0.3, -0.25) is 0 Å². The average Bonchev–Trinajstić information content (AvgIpc) is 2.95. The highest BCUT2D eigenvalue weighted by atomic mass is 16.6. The molecule has 3 rings (SSSR count). The standard InChI is InChI=1S/C18H24N2O4/c1-18(2,3)24-17(22)20-9-13-14(10-20)15(13)19-16(21)23-11-12-7-5-4-6-8-12/h4-8,13-15H,9-11H2,1-3H3,(H,19,21). The number of carbonyl (C=O) groups is 2. The molecule has 1 aromatic rings. The summed E-state index contributed by atoms with van der Waals surface area (Å²) in [6.07, 6.45) is -0.679. The van der Waals surface area contributed by atoms with Crippen LogP contribution in [0.15, 0.2) is 30.3 Å². The second-order valence-corrected chi connectivity index (χ2v) is 7.44. The van der Waals surface area contributed by atoms with Crippen molar-refractivity contribution >= 4 is 12.2 Å². The van der Waals surface area contributed by atoms with Crippen molar-refractivity contribution in [1.82, 2.24) is 10.2 Å². The van der Waals surface area contributed by atoms with Gasteiger partial charge in [0.2, 0.25) is 0 Å². The van der Waals surface area contributed by atoms with E-state index in [1.807, 2.05) is 51.1 Å². The molecule has 24 heavy (non-hydrogen) atoms. The summed E-state index contributed by atoms with van der Waals surface area (Å²) >= 11 is 0. The third-order valence-electron chi connectivity index (χ3n) is 4.34. The van der Waals surface area contributed by atoms with Crippen LogP contribution in [0.5, 0.6) is 0 Å². The fourth-order valence-corrected chi connectivity index (χ4v) is 3.12. The molecule has 0 radical (unpaired) electrons. The van der Waals surface area contributed by atoms with E-state index in [1.165, 1.54) is 0 Å². The number of benzene rings is 1. The molecule has 2 atom stereocenters. The fraction of sp³-hybridized carbons (Fsp3) is 0.556. The number of fused-ring (bicyclic) bond motifs is 1. The van der Waals surface area contributed by atoms with Gasteiger partial charge in [0.15, 0.2) is 0 Å². The lowest BCUT2D eigenvalue weighted by atomic mass is 10.2. The molecule has 2 fully saturated rings. The topological polar surface area (TPSA) is 67.9 Å². The number of hydrogen-bond donors (Lipinski definition) is 1. The van der Waals surface area contributed by atoms with Crippen molar-refractivity contribution in [3.8, 4) is 0 Å². The van der Waals surface area contributed by atoms with Crippen molar-refractivity contribution in [2.24, 2.45) is 11.8 Å². The highest BCUT2D eigenvalue weighted by Crippen LogP contribution is 2.45. The van der Waals surface area contributed by atoms with E-state index >= 15 is 0 Å². The second kappa shape index (κ2) is 6.34. The monoisotopic (exact) mass is 332 g/mol. The van der Waals surface area contributed by atoms with Crippen LogP contribution in [-0.2, 0) is 16.1 Å². The number of ether oxygens (including phenoxy) is 2. The minimum atomic E-state index is -0.483. The van der Waals surface area contributed by atoms with Gasteiger partial charge >= 0.3 is 12.2 Å². The summed E-state index contributed by atoms with van der Waals surface area (Å²) in [7, 11) is 0. The molecular weight excluding hydrogens is 308 g/mol. The van der Waals surface area contributed by atoms with Crippen LogP contribution in [0.25, 0.3) is 0 Å². The van der Waals surface area contributed by atoms with E-state index in [9.17, 15) is 9.59 Å². The Morgan fingerprint density at radius 3 is 2.38 bits per heavy atom. The van der Waals surface area contributed by atoms with Gasteiger partial charge in [0, 0.05) is 31.0 Å². The van der Waals surface area contributed by atoms with Crippen LogP contribution in [0.1, 0.15) is 26.3 Å². The zero-order valence-corrected chi connectivity index (χ0v) is 14.3. The Bertz CT molecular complexity index is 599. The summed E-state index contributed by atoms with van der Waals surface area (Å²) in [5.74, 6) is 0.614. The fourth-order valence-electron chi connectivity index (χ4n) is 3.12. The van der Waals surface area contributed by atoms with Crippen molar-refractivity contribution in [2.75, 3.05) is 13.1 Å². The van der Waals surface area contributed by atoms with E-state index in [0.717, 1.165) is 5.56 Å². The van der Waals surface area contributed by atoms with Gasteiger partial charge in [0.25, 0.3) is 0 Å². The van der Waals surface area contributed by atoms with Gasteiger partial charge in [-0.25, -0.2) is 9.59 Å². The first-order chi connectivity index (χ1) is 11.3. The van der Waals surface area contributed by atoms with Gasteiger partial charge in [-0.1, -0.05) is 30.3 Å². The zero-order chi connectivity index (χ0) is 17.3. The van der Waals surface area contributed by atoms with Crippen LogP contribution in [0.4, 0.5) is 9.59 Å². The molecule has 6 heteroatoms. The molecule has 1 saturated heterocycles. The van der Waals surface area contributed by atoms with Gasteiger partial charge in [-0.05, 0) is 26.3 Å². The van der Waals surface area contributed by atoms with E-state index in [1.54, 1.807) is 4.90 Å². The lowest BCUT2D eigenvalue weighted by Crippen LogP contribution is -2.40. The molecule has 130 valence electrons. The summed E-state index contributed by atoms with van der Waals surface area (Å²) in [6, 6.07) is 9.67. The maximum atomic E-state index is 12.0. The average molecular weight is 332 g/mol. The van der Waals surface area contributed by atoms with Crippen molar-refractivity contribution < 1.29 is 19.1 Å². The van der Waals surface area contributed by atoms with Crippen LogP contribution < -0.4 is 5.32 Å². The minimum absolute atomic E-state index is 0.104. The Labute approximate surface area is 142 Å². The SMILES string of the molecule is CC(C)(C)OC(=O)N1CC2C(C1)C2NC(=O)OCc1ccccc1. The maximum absolute atomic E-state index is 12.0. The van der Waals surface area contributed by atoms with Gasteiger partial charge in [0.05, 0.1) is 0 Å². The van der Waals surface area contributed by atoms with Gasteiger partial charge in [-0.2, -0.15) is 0 Å². The summed E-state index contributed by atoms with van der Waals surface area (Å²) in [4.78, 5) is 25.6. The van der Waals surface area contributed by atoms with Crippen molar-refractivity contribution in [2.45, 2.75) is 39.0 Å². The van der Waals surface area contributed by atoms with Crippen LogP contribution in [0.2, 0.25) is 0 Å². The Balaban J connectivity index is 1.38. The van der Waals surface area contributed by atoms with Gasteiger partial charge in [0.1, 0.15) is 12.2 Å². The smallest absolute Gasteiger partial charge is 0.410 e. The molecule has 1 aliphatic heterocycles. The third-order valence-corrected chi connectivity index (χ3v) is 4.34. The molecule has 1 saturated carbocycles. The maximum Gasteiger partial charge on any atom is 0.410 e. The molecule has 0 spiro atoms. The number of likely N-dealkylation sites (tertiary alicyclic amines) is 1. The van der Waals surface area contributed by atoms with Crippen molar-refractivity contribution in [3.63, 3.8) is 0 Å². The summed E-state index contributed by atoms with van der Waals surface area (Å²) in [5, 5.41) is 2.89. The summed E-state index contributed by atoms with van der Waals surface area (Å²) < 4.78 is 10.6. The molecule has 1 N–H and O–H groups in total. The Morgan fingerprint density at radius 1 is 1.17 bits per heavy atom. The molecule has 1 aliphatic carbocycles. The number of hydrogen-bond acceptors (Lipinski definition) is 4. The number of nitrogens with one attached hydrogen (secondary N) is 1. The van der Waals surface area contributed by atoms with E-state index in [4.69, 9.17) is 9.47 Å². The highest BCUT2D eigenvalue weighted by Gasteiger charge is 2.58. The third kappa shape index (κ3) is 3.99. The lowest BCUT2D eigenvalue weighted by Gasteiger charge is -2.26. The van der Waals surface area contributed by atoms with E-state index in [2.05, 4.69) is 5.32 Å². The zero-order valence-electron chi connectivity index (χ0n) is 14.3. The van der Waals surface area contributed by atoms with Crippen LogP contribution in [-0.4, -0.2) is 41.8 Å². The summed E-state index contributed by atoms with van der Waals surface area (Å²) in [6.45, 7) is 7.09. The van der Waals surface area contributed by atoms with E-state index in [-0.39, 0.29) is 18.7 Å². The number of alkyl carbamates (subject to hydrolysis) is 1. The molecule has 0 aromatic heterocycles. The first-order valence-electron chi connectivity index (χ1n) is 8.28. The highest BCUT2D eigenvalue weighted by molar-refractivity contribution is 5.70. The molecular formula is C18H24N2O4. The van der Waals surface area contributed by atoms with Crippen molar-refractivity contribution in [3.05, 3.63) is 35.9 Å². The second-order valence-electron chi connectivity index (χ2n) is 7.44. The van der Waals surface area contributed by atoms with Crippen LogP contribution in [0, 0.1) is 11.8 Å². The van der Waals surface area contributed by atoms with Gasteiger partial charge in [-0.15, -0.1) is 0 Å². The minimum Gasteiger partial charge on any atom is -0.445 e. The predicted octanol–water partition coefficient (Wildman–Crippen LogP) is 2.78. The predicted molar refractivity (Wildman–Crippen MR) is 88.3 cm³/mol. The largest absolute Gasteiger partial charge is 0.445 e. The number of nitrogens with zero attached hydrogens (tertiary/aromatic N) is 1. The number of rotatable bonds is 3. The Hall–Kier alpha value is -2.24. The molecule has 2 unspecified atom stereocenters. The number of carbonyl (C=O) groups excluding carboxylic acids is 2. The van der Waals surface area contributed by atoms with Crippen LogP contribution >= 0.6 is 0 Å². The number of piperidine rings is 1. The van der Waals surface area contributed by atoms with Gasteiger partial charge < -0.3 is 19.7 Å². The van der Waals surface area contributed by atoms with E-state index < -0.39 is 11.7 Å². The molecule has 2 amide bonds. The first-order valence-corrected chi connectivity index (χ1v) is 8.28.